The number of carbonyl (C=O) groups is 5. The first-order valence-corrected chi connectivity index (χ1v) is 11.5. The zero-order valence-electron chi connectivity index (χ0n) is 20.7. The van der Waals surface area contributed by atoms with Crippen molar-refractivity contribution in [2.75, 3.05) is 13.1 Å². The molecule has 0 bridgehead atoms. The lowest BCUT2D eigenvalue weighted by atomic mass is 10.1. The van der Waals surface area contributed by atoms with Crippen molar-refractivity contribution in [3.05, 3.63) is 0 Å². The van der Waals surface area contributed by atoms with Gasteiger partial charge in [0.15, 0.2) is 11.9 Å². The van der Waals surface area contributed by atoms with E-state index in [9.17, 15) is 29.1 Å². The molecular formula is C20H38N10O7. The summed E-state index contributed by atoms with van der Waals surface area (Å²) in [5.41, 5.74) is 26.5. The molecule has 4 unspecified atom stereocenters. The average Bonchev–Trinajstić information content (AvgIpc) is 2.79. The Morgan fingerprint density at radius 3 is 1.51 bits per heavy atom. The van der Waals surface area contributed by atoms with Gasteiger partial charge in [-0.25, -0.2) is 4.79 Å². The molecule has 0 saturated carbocycles. The van der Waals surface area contributed by atoms with E-state index in [4.69, 9.17) is 33.8 Å². The SMILES string of the molecule is CC(N)C(=O)NC(CCC(=O)O)C(=O)NC(CCCN=C(N)N)C(=O)NC(CCCN=C(N)N)C(=O)O. The van der Waals surface area contributed by atoms with E-state index in [0.29, 0.717) is 0 Å². The molecule has 210 valence electrons. The molecule has 0 aliphatic heterocycles. The second-order valence-electron chi connectivity index (χ2n) is 8.14. The molecule has 0 rings (SSSR count). The van der Waals surface area contributed by atoms with E-state index in [1.807, 2.05) is 0 Å². The number of guanidine groups is 2. The minimum Gasteiger partial charge on any atom is -0.481 e. The number of nitrogens with one attached hydrogen (secondary N) is 3. The van der Waals surface area contributed by atoms with Gasteiger partial charge in [0, 0.05) is 19.5 Å². The first-order valence-electron chi connectivity index (χ1n) is 11.5. The van der Waals surface area contributed by atoms with E-state index >= 15 is 0 Å². The van der Waals surface area contributed by atoms with Gasteiger partial charge in [-0.15, -0.1) is 0 Å². The Bertz CT molecular complexity index is 854. The van der Waals surface area contributed by atoms with Gasteiger partial charge in [-0.05, 0) is 39.0 Å². The van der Waals surface area contributed by atoms with Gasteiger partial charge in [-0.1, -0.05) is 0 Å². The van der Waals surface area contributed by atoms with E-state index < -0.39 is 60.2 Å². The highest BCUT2D eigenvalue weighted by atomic mass is 16.4. The van der Waals surface area contributed by atoms with Crippen molar-refractivity contribution in [3.63, 3.8) is 0 Å². The smallest absolute Gasteiger partial charge is 0.326 e. The molecule has 17 nitrogen and oxygen atoms in total. The maximum absolute atomic E-state index is 12.9. The predicted octanol–water partition coefficient (Wildman–Crippen LogP) is -4.16. The third-order valence-electron chi connectivity index (χ3n) is 4.83. The summed E-state index contributed by atoms with van der Waals surface area (Å²) in [5, 5.41) is 25.6. The van der Waals surface area contributed by atoms with Gasteiger partial charge in [-0.2, -0.15) is 0 Å². The maximum Gasteiger partial charge on any atom is 0.326 e. The van der Waals surface area contributed by atoms with Crippen LogP contribution in [0.5, 0.6) is 0 Å². The highest BCUT2D eigenvalue weighted by Gasteiger charge is 2.30. The van der Waals surface area contributed by atoms with Crippen LogP contribution in [0.2, 0.25) is 0 Å². The molecule has 15 N–H and O–H groups in total. The van der Waals surface area contributed by atoms with Gasteiger partial charge in [0.1, 0.15) is 18.1 Å². The van der Waals surface area contributed by atoms with E-state index in [1.54, 1.807) is 0 Å². The molecule has 4 atom stereocenters. The monoisotopic (exact) mass is 530 g/mol. The fraction of sp³-hybridized carbons (Fsp3) is 0.650. The molecular weight excluding hydrogens is 492 g/mol. The summed E-state index contributed by atoms with van der Waals surface area (Å²) in [6, 6.07) is -4.84. The number of amides is 3. The van der Waals surface area contributed by atoms with Gasteiger partial charge in [0.05, 0.1) is 6.04 Å². The molecule has 17 heteroatoms. The number of nitrogens with two attached hydrogens (primary N) is 5. The van der Waals surface area contributed by atoms with Crippen LogP contribution in [0.3, 0.4) is 0 Å². The number of carbonyl (C=O) groups excluding carboxylic acids is 3. The number of aliphatic imine (C=N–C) groups is 2. The van der Waals surface area contributed by atoms with Crippen LogP contribution in [0, 0.1) is 0 Å². The first-order chi connectivity index (χ1) is 17.2. The Kier molecular flexibility index (Phi) is 15.4. The lowest BCUT2D eigenvalue weighted by molar-refractivity contribution is -0.142. The van der Waals surface area contributed by atoms with E-state index in [-0.39, 0.29) is 57.1 Å². The minimum absolute atomic E-state index is 0.00157. The number of hydrogen-bond donors (Lipinski definition) is 10. The van der Waals surface area contributed by atoms with Crippen molar-refractivity contribution in [2.24, 2.45) is 38.7 Å². The number of carboxylic acids is 2. The second kappa shape index (κ2) is 17.3. The van der Waals surface area contributed by atoms with Gasteiger partial charge in [0.2, 0.25) is 17.7 Å². The molecule has 0 spiro atoms. The summed E-state index contributed by atoms with van der Waals surface area (Å²) in [6.45, 7) is 1.64. The summed E-state index contributed by atoms with van der Waals surface area (Å²) in [5.74, 6) is -5.22. The highest BCUT2D eigenvalue weighted by Crippen LogP contribution is 2.06. The summed E-state index contributed by atoms with van der Waals surface area (Å²) >= 11 is 0. The number of carboxylic acid groups (broad SMARTS) is 2. The summed E-state index contributed by atoms with van der Waals surface area (Å²) in [6.07, 6.45) is -0.248. The third-order valence-corrected chi connectivity index (χ3v) is 4.83. The standard InChI is InChI=1S/C20H38N10O7/c1-10(21)15(33)28-12(6-7-14(31)32)17(35)29-11(4-2-8-26-19(22)23)16(34)30-13(18(36)37)5-3-9-27-20(24)25/h10-13H,2-9,21H2,1H3,(H,28,33)(H,29,35)(H,30,34)(H,31,32)(H,36,37)(H4,22,23,26)(H4,24,25,27). The number of hydrogen-bond acceptors (Lipinski definition) is 8. The van der Waals surface area contributed by atoms with Crippen LogP contribution in [0.15, 0.2) is 9.98 Å². The Morgan fingerprint density at radius 1 is 0.703 bits per heavy atom. The summed E-state index contributed by atoms with van der Waals surface area (Å²) in [4.78, 5) is 68.0. The van der Waals surface area contributed by atoms with Crippen LogP contribution in [0.4, 0.5) is 0 Å². The lowest BCUT2D eigenvalue weighted by Crippen LogP contribution is -2.57. The molecule has 0 aromatic heterocycles. The normalized spacial score (nSPS) is 13.7. The zero-order chi connectivity index (χ0) is 28.5. The largest absolute Gasteiger partial charge is 0.481 e. The maximum atomic E-state index is 12.9. The lowest BCUT2D eigenvalue weighted by Gasteiger charge is -2.24. The van der Waals surface area contributed by atoms with Crippen molar-refractivity contribution in [2.45, 2.75) is 69.6 Å². The number of aliphatic carboxylic acids is 2. The van der Waals surface area contributed by atoms with Crippen LogP contribution in [-0.4, -0.2) is 89.0 Å². The summed E-state index contributed by atoms with van der Waals surface area (Å²) in [7, 11) is 0. The quantitative estimate of drug-likeness (QED) is 0.0458. The van der Waals surface area contributed by atoms with Crippen molar-refractivity contribution in [3.8, 4) is 0 Å². The molecule has 0 heterocycles. The molecule has 0 aromatic carbocycles. The van der Waals surface area contributed by atoms with Crippen molar-refractivity contribution in [1.82, 2.24) is 16.0 Å². The van der Waals surface area contributed by atoms with E-state index in [1.165, 1.54) is 6.92 Å². The topological polar surface area (TPSA) is 317 Å². The fourth-order valence-corrected chi connectivity index (χ4v) is 2.92. The Labute approximate surface area is 213 Å². The van der Waals surface area contributed by atoms with Crippen LogP contribution in [-0.2, 0) is 24.0 Å². The fourth-order valence-electron chi connectivity index (χ4n) is 2.92. The third kappa shape index (κ3) is 15.5. The molecule has 0 radical (unpaired) electrons. The second-order valence-corrected chi connectivity index (χ2v) is 8.14. The Balaban J connectivity index is 5.59. The Hall–Kier alpha value is -4.15. The van der Waals surface area contributed by atoms with Gasteiger partial charge in [0.25, 0.3) is 0 Å². The molecule has 3 amide bonds. The average molecular weight is 531 g/mol. The van der Waals surface area contributed by atoms with Crippen molar-refractivity contribution >= 4 is 41.6 Å². The predicted molar refractivity (Wildman–Crippen MR) is 134 cm³/mol. The van der Waals surface area contributed by atoms with Gasteiger partial charge >= 0.3 is 11.9 Å². The summed E-state index contributed by atoms with van der Waals surface area (Å²) < 4.78 is 0. The minimum atomic E-state index is -1.31. The number of rotatable bonds is 18. The van der Waals surface area contributed by atoms with Crippen LogP contribution in [0.1, 0.15) is 45.4 Å². The number of nitrogens with zero attached hydrogens (tertiary/aromatic N) is 2. The molecule has 0 saturated heterocycles. The Morgan fingerprint density at radius 2 is 1.11 bits per heavy atom. The van der Waals surface area contributed by atoms with Crippen molar-refractivity contribution < 1.29 is 34.2 Å². The highest BCUT2D eigenvalue weighted by molar-refractivity contribution is 5.94. The molecule has 0 aliphatic carbocycles. The van der Waals surface area contributed by atoms with Gasteiger partial charge < -0.3 is 54.8 Å². The van der Waals surface area contributed by atoms with E-state index in [0.717, 1.165) is 0 Å². The molecule has 0 aromatic rings. The van der Waals surface area contributed by atoms with Crippen molar-refractivity contribution in [1.29, 1.82) is 0 Å². The van der Waals surface area contributed by atoms with E-state index in [2.05, 4.69) is 25.9 Å². The van der Waals surface area contributed by atoms with Crippen LogP contribution in [0.25, 0.3) is 0 Å². The van der Waals surface area contributed by atoms with Gasteiger partial charge in [-0.3, -0.25) is 29.2 Å². The molecule has 37 heavy (non-hydrogen) atoms. The van der Waals surface area contributed by atoms with Crippen LogP contribution >= 0.6 is 0 Å². The molecule has 0 fully saturated rings. The van der Waals surface area contributed by atoms with Crippen LogP contribution < -0.4 is 44.6 Å². The molecule has 0 aliphatic rings. The first kappa shape index (κ1) is 32.9. The zero-order valence-corrected chi connectivity index (χ0v) is 20.7.